The molecule has 1 aromatic heterocycles. The summed E-state index contributed by atoms with van der Waals surface area (Å²) in [5, 5.41) is 8.93. The summed E-state index contributed by atoms with van der Waals surface area (Å²) in [6.07, 6.45) is 1.24. The third kappa shape index (κ3) is 5.79. The van der Waals surface area contributed by atoms with Crippen molar-refractivity contribution in [3.8, 4) is 0 Å². The van der Waals surface area contributed by atoms with E-state index in [1.165, 1.54) is 4.88 Å². The van der Waals surface area contributed by atoms with E-state index in [2.05, 4.69) is 53.9 Å². The average Bonchev–Trinajstić information content (AvgIpc) is 3.22. The second kappa shape index (κ2) is 8.66. The molecule has 2 atom stereocenters. The minimum atomic E-state index is 0.0761. The number of nitrogens with one attached hydrogen (secondary N) is 2. The normalized spacial score (nSPS) is 20.5. The Balaban J connectivity index is 1.74. The van der Waals surface area contributed by atoms with Gasteiger partial charge in [-0.1, -0.05) is 19.9 Å². The monoisotopic (exact) mass is 339 g/mol. The van der Waals surface area contributed by atoms with Crippen LogP contribution in [0.3, 0.4) is 0 Å². The minimum Gasteiger partial charge on any atom is -0.379 e. The van der Waals surface area contributed by atoms with Gasteiger partial charge in [-0.3, -0.25) is 4.99 Å². The second-order valence-corrected chi connectivity index (χ2v) is 7.60. The van der Waals surface area contributed by atoms with Gasteiger partial charge < -0.3 is 20.1 Å². The van der Waals surface area contributed by atoms with Crippen molar-refractivity contribution in [3.05, 3.63) is 22.4 Å². The molecule has 0 bridgehead atoms. The van der Waals surface area contributed by atoms with Gasteiger partial charge in [0.2, 0.25) is 0 Å². The van der Waals surface area contributed by atoms with Gasteiger partial charge in [0, 0.05) is 36.5 Å². The fourth-order valence-corrected chi connectivity index (χ4v) is 3.30. The van der Waals surface area contributed by atoms with E-state index in [0.29, 0.717) is 13.2 Å². The van der Waals surface area contributed by atoms with Gasteiger partial charge in [0.25, 0.3) is 0 Å². The summed E-state index contributed by atoms with van der Waals surface area (Å²) in [5.41, 5.74) is 0.0761. The van der Waals surface area contributed by atoms with Gasteiger partial charge in [-0.15, -0.1) is 11.3 Å². The van der Waals surface area contributed by atoms with E-state index in [-0.39, 0.29) is 17.6 Å². The van der Waals surface area contributed by atoms with Gasteiger partial charge >= 0.3 is 0 Å². The van der Waals surface area contributed by atoms with E-state index >= 15 is 0 Å². The van der Waals surface area contributed by atoms with Crippen LogP contribution in [0.4, 0.5) is 0 Å². The zero-order chi connectivity index (χ0) is 16.7. The third-order valence-electron chi connectivity index (χ3n) is 3.96. The summed E-state index contributed by atoms with van der Waals surface area (Å²) in [5.74, 6) is 0.813. The van der Waals surface area contributed by atoms with Crippen molar-refractivity contribution in [2.75, 3.05) is 33.4 Å². The van der Waals surface area contributed by atoms with Gasteiger partial charge in [-0.05, 0) is 24.8 Å². The van der Waals surface area contributed by atoms with Crippen LogP contribution in [0.15, 0.2) is 22.5 Å². The van der Waals surface area contributed by atoms with Crippen LogP contribution in [0.5, 0.6) is 0 Å². The molecule has 1 fully saturated rings. The van der Waals surface area contributed by atoms with E-state index in [9.17, 15) is 0 Å². The van der Waals surface area contributed by atoms with Crippen LogP contribution in [0.25, 0.3) is 0 Å². The van der Waals surface area contributed by atoms with Gasteiger partial charge in [0.15, 0.2) is 5.96 Å². The number of guanidine groups is 1. The Hall–Kier alpha value is -1.11. The predicted octanol–water partition coefficient (Wildman–Crippen LogP) is 2.38. The molecule has 6 heteroatoms. The van der Waals surface area contributed by atoms with Crippen LogP contribution in [0.2, 0.25) is 0 Å². The van der Waals surface area contributed by atoms with Gasteiger partial charge in [0.05, 0.1) is 19.3 Å². The Morgan fingerprint density at radius 3 is 3.00 bits per heavy atom. The molecule has 0 amide bonds. The standard InChI is InChI=1S/C17H29N3O2S/c1-13(10-22-14-7-8-21-11-14)20-16(18-4)19-12-17(2,3)15-6-5-9-23-15/h5-6,9,13-14H,7-8,10-12H2,1-4H3,(H2,18,19,20). The zero-order valence-corrected chi connectivity index (χ0v) is 15.4. The first kappa shape index (κ1) is 18.2. The first-order chi connectivity index (χ1) is 11.0. The molecule has 5 nitrogen and oxygen atoms in total. The number of nitrogens with zero attached hydrogens (tertiary/aromatic N) is 1. The Morgan fingerprint density at radius 2 is 2.39 bits per heavy atom. The lowest BCUT2D eigenvalue weighted by Gasteiger charge is -2.26. The van der Waals surface area contributed by atoms with Crippen molar-refractivity contribution in [3.63, 3.8) is 0 Å². The quantitative estimate of drug-likeness (QED) is 0.592. The Bertz CT molecular complexity index is 482. The average molecular weight is 340 g/mol. The van der Waals surface area contributed by atoms with Crippen LogP contribution >= 0.6 is 11.3 Å². The van der Waals surface area contributed by atoms with Crippen LogP contribution in [0.1, 0.15) is 32.1 Å². The van der Waals surface area contributed by atoms with Gasteiger partial charge in [-0.2, -0.15) is 0 Å². The molecular formula is C17H29N3O2S. The molecule has 2 rings (SSSR count). The highest BCUT2D eigenvalue weighted by atomic mass is 32.1. The van der Waals surface area contributed by atoms with Crippen LogP contribution in [0, 0.1) is 0 Å². The number of ether oxygens (including phenoxy) is 2. The largest absolute Gasteiger partial charge is 0.379 e. The van der Waals surface area contributed by atoms with E-state index < -0.39 is 0 Å². The van der Waals surface area contributed by atoms with Crippen molar-refractivity contribution in [1.82, 2.24) is 10.6 Å². The molecule has 0 spiro atoms. The van der Waals surface area contributed by atoms with Crippen molar-refractivity contribution < 1.29 is 9.47 Å². The molecule has 2 N–H and O–H groups in total. The lowest BCUT2D eigenvalue weighted by atomic mass is 9.91. The van der Waals surface area contributed by atoms with Crippen molar-refractivity contribution in [2.45, 2.75) is 44.8 Å². The van der Waals surface area contributed by atoms with Crippen LogP contribution in [-0.2, 0) is 14.9 Å². The van der Waals surface area contributed by atoms with E-state index in [4.69, 9.17) is 9.47 Å². The van der Waals surface area contributed by atoms with Crippen LogP contribution < -0.4 is 10.6 Å². The molecule has 0 aliphatic carbocycles. The maximum Gasteiger partial charge on any atom is 0.191 e. The first-order valence-corrected chi connectivity index (χ1v) is 9.10. The molecule has 0 radical (unpaired) electrons. The molecular weight excluding hydrogens is 310 g/mol. The van der Waals surface area contributed by atoms with Crippen molar-refractivity contribution >= 4 is 17.3 Å². The maximum atomic E-state index is 5.85. The molecule has 1 saturated heterocycles. The Morgan fingerprint density at radius 1 is 1.57 bits per heavy atom. The number of rotatable bonds is 7. The molecule has 2 heterocycles. The molecule has 0 saturated carbocycles. The number of hydrogen-bond acceptors (Lipinski definition) is 4. The van der Waals surface area contributed by atoms with E-state index in [1.807, 2.05) is 0 Å². The smallest absolute Gasteiger partial charge is 0.191 e. The van der Waals surface area contributed by atoms with Gasteiger partial charge in [-0.25, -0.2) is 0 Å². The van der Waals surface area contributed by atoms with E-state index in [1.54, 1.807) is 18.4 Å². The minimum absolute atomic E-state index is 0.0761. The highest BCUT2D eigenvalue weighted by molar-refractivity contribution is 7.10. The lowest BCUT2D eigenvalue weighted by molar-refractivity contribution is 0.0347. The first-order valence-electron chi connectivity index (χ1n) is 8.22. The number of thiophene rings is 1. The molecule has 23 heavy (non-hydrogen) atoms. The highest BCUT2D eigenvalue weighted by Gasteiger charge is 2.22. The summed E-state index contributed by atoms with van der Waals surface area (Å²) in [4.78, 5) is 5.68. The third-order valence-corrected chi connectivity index (χ3v) is 5.20. The zero-order valence-electron chi connectivity index (χ0n) is 14.6. The van der Waals surface area contributed by atoms with E-state index in [0.717, 1.165) is 25.5 Å². The van der Waals surface area contributed by atoms with Gasteiger partial charge in [0.1, 0.15) is 0 Å². The molecule has 0 aromatic carbocycles. The summed E-state index contributed by atoms with van der Waals surface area (Å²) in [6, 6.07) is 4.48. The number of aliphatic imine (C=N–C) groups is 1. The Kier molecular flexibility index (Phi) is 6.87. The molecule has 130 valence electrons. The fraction of sp³-hybridized carbons (Fsp3) is 0.706. The lowest BCUT2D eigenvalue weighted by Crippen LogP contribution is -2.47. The van der Waals surface area contributed by atoms with Crippen molar-refractivity contribution in [2.24, 2.45) is 4.99 Å². The highest BCUT2D eigenvalue weighted by Crippen LogP contribution is 2.26. The maximum absolute atomic E-state index is 5.85. The Labute approximate surface area is 143 Å². The van der Waals surface area contributed by atoms with Crippen molar-refractivity contribution in [1.29, 1.82) is 0 Å². The topological polar surface area (TPSA) is 54.9 Å². The predicted molar refractivity (Wildman–Crippen MR) is 96.5 cm³/mol. The fourth-order valence-electron chi connectivity index (χ4n) is 2.45. The summed E-state index contributed by atoms with van der Waals surface area (Å²) >= 11 is 1.79. The summed E-state index contributed by atoms with van der Waals surface area (Å²) < 4.78 is 11.2. The SMILES string of the molecule is CN=C(NCC(C)(C)c1cccs1)NC(C)COC1CCOC1. The molecule has 1 aromatic rings. The summed E-state index contributed by atoms with van der Waals surface area (Å²) in [6.45, 7) is 9.60. The number of hydrogen-bond donors (Lipinski definition) is 2. The summed E-state index contributed by atoms with van der Waals surface area (Å²) in [7, 11) is 1.80. The van der Waals surface area contributed by atoms with Crippen LogP contribution in [-0.4, -0.2) is 51.5 Å². The molecule has 1 aliphatic heterocycles. The molecule has 1 aliphatic rings. The second-order valence-electron chi connectivity index (χ2n) is 6.65. The molecule has 2 unspecified atom stereocenters.